The summed E-state index contributed by atoms with van der Waals surface area (Å²) >= 11 is 0. The maximum absolute atomic E-state index is 15.1. The minimum absolute atomic E-state index is 0.00312. The lowest BCUT2D eigenvalue weighted by molar-refractivity contribution is -0.119. The summed E-state index contributed by atoms with van der Waals surface area (Å²) in [5, 5.41) is 2.62. The van der Waals surface area contributed by atoms with Crippen LogP contribution in [0.4, 0.5) is 25.4 Å². The molecule has 3 aliphatic rings. The van der Waals surface area contributed by atoms with E-state index in [9.17, 15) is 14.4 Å². The molecule has 9 nitrogen and oxygen atoms in total. The number of methoxy groups -OCH3 is 1. The van der Waals surface area contributed by atoms with Crippen molar-refractivity contribution in [3.8, 4) is 0 Å². The van der Waals surface area contributed by atoms with Gasteiger partial charge < -0.3 is 24.6 Å². The van der Waals surface area contributed by atoms with E-state index in [2.05, 4.69) is 5.32 Å². The molecule has 1 aromatic rings. The van der Waals surface area contributed by atoms with Crippen molar-refractivity contribution in [2.75, 3.05) is 49.6 Å². The maximum atomic E-state index is 15.1. The van der Waals surface area contributed by atoms with Crippen LogP contribution in [0.1, 0.15) is 19.8 Å². The third-order valence-corrected chi connectivity index (χ3v) is 6.23. The van der Waals surface area contributed by atoms with Gasteiger partial charge in [-0.3, -0.25) is 9.69 Å². The van der Waals surface area contributed by atoms with Gasteiger partial charge >= 0.3 is 12.2 Å². The molecule has 3 aliphatic heterocycles. The number of carbonyl (C=O) groups excluding carboxylic acids is 3. The second-order valence-electron chi connectivity index (χ2n) is 8.23. The van der Waals surface area contributed by atoms with E-state index in [-0.39, 0.29) is 37.0 Å². The fourth-order valence-electron chi connectivity index (χ4n) is 4.74. The zero-order chi connectivity index (χ0) is 22.1. The first kappa shape index (κ1) is 21.2. The highest BCUT2D eigenvalue weighted by molar-refractivity contribution is 5.90. The van der Waals surface area contributed by atoms with Crippen molar-refractivity contribution in [3.05, 3.63) is 24.0 Å². The van der Waals surface area contributed by atoms with E-state index in [4.69, 9.17) is 9.47 Å². The van der Waals surface area contributed by atoms with Gasteiger partial charge in [0.2, 0.25) is 5.91 Å². The Labute approximate surface area is 180 Å². The lowest BCUT2D eigenvalue weighted by Crippen LogP contribution is -2.48. The quantitative estimate of drug-likeness (QED) is 0.779. The highest BCUT2D eigenvalue weighted by Gasteiger charge is 2.42. The standard InChI is InChI=1S/C21H27FN4O5/c1-13(27)23-9-16-11-26(21(29)31-16)15-5-6-18(17(22)8-15)24-10-14-4-3-7-25(19(14)12-24)20(28)30-2/h5-6,8,14,16,19H,3-4,7,9-12H2,1-2H3,(H,23,27)/t14?,16?,19-/m1/s1. The Morgan fingerprint density at radius 1 is 1.29 bits per heavy atom. The van der Waals surface area contributed by atoms with Gasteiger partial charge in [-0.05, 0) is 37.0 Å². The molecule has 3 atom stereocenters. The number of likely N-dealkylation sites (tertiary alicyclic amines) is 1. The molecule has 0 aliphatic carbocycles. The fraction of sp³-hybridized carbons (Fsp3) is 0.571. The van der Waals surface area contributed by atoms with Gasteiger partial charge in [-0.2, -0.15) is 0 Å². The third kappa shape index (κ3) is 4.24. The largest absolute Gasteiger partial charge is 0.453 e. The minimum Gasteiger partial charge on any atom is -0.453 e. The van der Waals surface area contributed by atoms with Crippen molar-refractivity contribution in [2.45, 2.75) is 31.9 Å². The summed E-state index contributed by atoms with van der Waals surface area (Å²) in [6.45, 7) is 3.70. The molecule has 0 bridgehead atoms. The summed E-state index contributed by atoms with van der Waals surface area (Å²) in [5.41, 5.74) is 0.856. The SMILES string of the molecule is COC(=O)N1CCCC2CN(c3ccc(N4CC(CNC(C)=O)OC4=O)cc3F)C[C@H]21. The molecule has 3 fully saturated rings. The Bertz CT molecular complexity index is 881. The number of hydrogen-bond donors (Lipinski definition) is 1. The number of amides is 3. The Balaban J connectivity index is 1.45. The van der Waals surface area contributed by atoms with Gasteiger partial charge in [0.25, 0.3) is 0 Å². The predicted molar refractivity (Wildman–Crippen MR) is 111 cm³/mol. The van der Waals surface area contributed by atoms with E-state index >= 15 is 4.39 Å². The molecule has 0 aromatic heterocycles. The van der Waals surface area contributed by atoms with Crippen LogP contribution in [0.2, 0.25) is 0 Å². The van der Waals surface area contributed by atoms with E-state index in [1.807, 2.05) is 4.90 Å². The van der Waals surface area contributed by atoms with Crippen LogP contribution in [0, 0.1) is 11.7 Å². The first-order valence-corrected chi connectivity index (χ1v) is 10.5. The number of carbonyl (C=O) groups is 3. The molecule has 1 N–H and O–H groups in total. The molecule has 10 heteroatoms. The lowest BCUT2D eigenvalue weighted by atomic mass is 9.92. The molecule has 3 heterocycles. The molecular formula is C21H27FN4O5. The van der Waals surface area contributed by atoms with Crippen LogP contribution in [0.15, 0.2) is 18.2 Å². The van der Waals surface area contributed by atoms with Gasteiger partial charge in [0.1, 0.15) is 11.9 Å². The molecule has 4 rings (SSSR count). The van der Waals surface area contributed by atoms with Gasteiger partial charge in [0, 0.05) is 26.6 Å². The molecule has 3 saturated heterocycles. The van der Waals surface area contributed by atoms with E-state index in [0.29, 0.717) is 31.0 Å². The van der Waals surface area contributed by atoms with Crippen LogP contribution < -0.4 is 15.1 Å². The van der Waals surface area contributed by atoms with Crippen LogP contribution in [0.5, 0.6) is 0 Å². The molecule has 2 unspecified atom stereocenters. The minimum atomic E-state index is -0.566. The monoisotopic (exact) mass is 434 g/mol. The molecule has 168 valence electrons. The van der Waals surface area contributed by atoms with Crippen LogP contribution >= 0.6 is 0 Å². The van der Waals surface area contributed by atoms with Crippen LogP contribution in [-0.2, 0) is 14.3 Å². The highest BCUT2D eigenvalue weighted by atomic mass is 19.1. The Kier molecular flexibility index (Phi) is 5.88. The van der Waals surface area contributed by atoms with Gasteiger partial charge in [-0.25, -0.2) is 14.0 Å². The summed E-state index contributed by atoms with van der Waals surface area (Å²) in [6.07, 6.45) is 0.508. The Morgan fingerprint density at radius 2 is 2.10 bits per heavy atom. The van der Waals surface area contributed by atoms with Gasteiger partial charge in [0.05, 0.1) is 37.6 Å². The fourth-order valence-corrected chi connectivity index (χ4v) is 4.74. The van der Waals surface area contributed by atoms with Gasteiger partial charge in [-0.1, -0.05) is 0 Å². The third-order valence-electron chi connectivity index (χ3n) is 6.23. The van der Waals surface area contributed by atoms with Crippen molar-refractivity contribution in [1.29, 1.82) is 0 Å². The van der Waals surface area contributed by atoms with E-state index in [1.54, 1.807) is 17.0 Å². The number of nitrogens with zero attached hydrogens (tertiary/aromatic N) is 3. The molecular weight excluding hydrogens is 407 g/mol. The number of hydrogen-bond acceptors (Lipinski definition) is 6. The van der Waals surface area contributed by atoms with Crippen molar-refractivity contribution in [1.82, 2.24) is 10.2 Å². The summed E-state index contributed by atoms with van der Waals surface area (Å²) in [4.78, 5) is 40.4. The van der Waals surface area contributed by atoms with Crippen LogP contribution in [0.25, 0.3) is 0 Å². The molecule has 0 radical (unpaired) electrons. The number of cyclic esters (lactones) is 1. The number of ether oxygens (including phenoxy) is 2. The molecule has 0 spiro atoms. The van der Waals surface area contributed by atoms with Crippen LogP contribution in [0.3, 0.4) is 0 Å². The Hall–Kier alpha value is -3.04. The average Bonchev–Trinajstić information content (AvgIpc) is 3.34. The topological polar surface area (TPSA) is 91.4 Å². The number of nitrogens with one attached hydrogen (secondary N) is 1. The van der Waals surface area contributed by atoms with Crippen molar-refractivity contribution in [2.24, 2.45) is 5.92 Å². The van der Waals surface area contributed by atoms with Gasteiger partial charge in [-0.15, -0.1) is 0 Å². The first-order valence-electron chi connectivity index (χ1n) is 10.5. The second-order valence-corrected chi connectivity index (χ2v) is 8.23. The zero-order valence-electron chi connectivity index (χ0n) is 17.7. The summed E-state index contributed by atoms with van der Waals surface area (Å²) in [6, 6.07) is 4.69. The summed E-state index contributed by atoms with van der Waals surface area (Å²) in [7, 11) is 1.38. The zero-order valence-corrected chi connectivity index (χ0v) is 17.7. The number of anilines is 2. The second kappa shape index (κ2) is 8.60. The maximum Gasteiger partial charge on any atom is 0.414 e. The molecule has 1 aromatic carbocycles. The van der Waals surface area contributed by atoms with E-state index in [1.165, 1.54) is 25.0 Å². The van der Waals surface area contributed by atoms with Crippen molar-refractivity contribution >= 4 is 29.5 Å². The van der Waals surface area contributed by atoms with Crippen molar-refractivity contribution < 1.29 is 28.2 Å². The number of piperidine rings is 1. The first-order chi connectivity index (χ1) is 14.9. The number of benzene rings is 1. The average molecular weight is 434 g/mol. The van der Waals surface area contributed by atoms with Crippen molar-refractivity contribution in [3.63, 3.8) is 0 Å². The number of rotatable bonds is 4. The predicted octanol–water partition coefficient (Wildman–Crippen LogP) is 1.95. The summed E-state index contributed by atoms with van der Waals surface area (Å²) < 4.78 is 25.2. The van der Waals surface area contributed by atoms with E-state index in [0.717, 1.165) is 12.8 Å². The lowest BCUT2D eigenvalue weighted by Gasteiger charge is -2.35. The smallest absolute Gasteiger partial charge is 0.414 e. The normalized spacial score (nSPS) is 25.3. The molecule has 31 heavy (non-hydrogen) atoms. The van der Waals surface area contributed by atoms with E-state index < -0.39 is 18.0 Å². The molecule has 3 amide bonds. The van der Waals surface area contributed by atoms with Gasteiger partial charge in [0.15, 0.2) is 0 Å². The molecule has 0 saturated carbocycles. The highest BCUT2D eigenvalue weighted by Crippen LogP contribution is 2.36. The number of fused-ring (bicyclic) bond motifs is 1. The Morgan fingerprint density at radius 3 is 2.81 bits per heavy atom. The van der Waals surface area contributed by atoms with Crippen LogP contribution in [-0.4, -0.2) is 75.0 Å². The summed E-state index contributed by atoms with van der Waals surface area (Å²) in [5.74, 6) is -0.365. The number of halogens is 1.